The maximum absolute atomic E-state index is 12.5. The van der Waals surface area contributed by atoms with Crippen molar-refractivity contribution in [2.75, 3.05) is 26.4 Å². The van der Waals surface area contributed by atoms with Gasteiger partial charge in [-0.2, -0.15) is 0 Å². The Morgan fingerprint density at radius 2 is 1.48 bits per heavy atom. The molecule has 0 heterocycles. The highest BCUT2D eigenvalue weighted by Gasteiger charge is 2.36. The monoisotopic (exact) mass is 357 g/mol. The summed E-state index contributed by atoms with van der Waals surface area (Å²) in [5, 5.41) is 2.92. The van der Waals surface area contributed by atoms with Crippen LogP contribution in [0.25, 0.3) is 0 Å². The molecule has 2 unspecified atom stereocenters. The number of hydrogen-bond donors (Lipinski definition) is 1. The van der Waals surface area contributed by atoms with Crippen LogP contribution in [0.1, 0.15) is 68.2 Å². The van der Waals surface area contributed by atoms with Crippen LogP contribution in [0.15, 0.2) is 0 Å². The van der Waals surface area contributed by atoms with Crippen LogP contribution in [0.2, 0.25) is 0 Å². The van der Waals surface area contributed by atoms with Gasteiger partial charge in [-0.15, -0.1) is 0 Å². The fraction of sp³-hybridized carbons (Fsp3) is 0.900. The van der Waals surface area contributed by atoms with E-state index in [0.29, 0.717) is 32.8 Å². The minimum absolute atomic E-state index is 0.0182. The molecule has 0 aliphatic rings. The molecule has 2 atom stereocenters. The number of amides is 1. The quantitative estimate of drug-likeness (QED) is 0.512. The van der Waals surface area contributed by atoms with E-state index in [0.717, 1.165) is 6.42 Å². The van der Waals surface area contributed by atoms with Gasteiger partial charge in [-0.3, -0.25) is 9.59 Å². The van der Waals surface area contributed by atoms with Gasteiger partial charge in [0.1, 0.15) is 5.78 Å². The van der Waals surface area contributed by atoms with Crippen molar-refractivity contribution in [1.29, 1.82) is 0 Å². The van der Waals surface area contributed by atoms with E-state index in [2.05, 4.69) is 5.32 Å². The number of carbonyl (C=O) groups is 2. The lowest BCUT2D eigenvalue weighted by molar-refractivity contribution is -0.139. The molecular weight excluding hydrogens is 318 g/mol. The van der Waals surface area contributed by atoms with Crippen LogP contribution in [0.5, 0.6) is 0 Å². The molecule has 0 aromatic heterocycles. The summed E-state index contributed by atoms with van der Waals surface area (Å²) in [5.41, 5.74) is -1.10. The number of ether oxygens (including phenoxy) is 2. The van der Waals surface area contributed by atoms with E-state index in [1.165, 1.54) is 0 Å². The van der Waals surface area contributed by atoms with E-state index in [1.807, 2.05) is 55.4 Å². The smallest absolute Gasteiger partial charge is 0.228 e. The van der Waals surface area contributed by atoms with E-state index in [9.17, 15) is 9.59 Å². The SMILES string of the molecule is CCC(C)(COCC(C)(CC)C(=O)C(C)C)C(=O)NCCOC(C)C. The summed E-state index contributed by atoms with van der Waals surface area (Å²) in [6, 6.07) is 0. The maximum Gasteiger partial charge on any atom is 0.228 e. The summed E-state index contributed by atoms with van der Waals surface area (Å²) < 4.78 is 11.3. The average Bonchev–Trinajstić information content (AvgIpc) is 2.56. The summed E-state index contributed by atoms with van der Waals surface area (Å²) >= 11 is 0. The van der Waals surface area contributed by atoms with Crippen LogP contribution in [0, 0.1) is 16.7 Å². The van der Waals surface area contributed by atoms with E-state index < -0.39 is 10.8 Å². The maximum atomic E-state index is 12.5. The van der Waals surface area contributed by atoms with Crippen LogP contribution in [-0.2, 0) is 19.1 Å². The van der Waals surface area contributed by atoms with Crippen LogP contribution >= 0.6 is 0 Å². The third-order valence-electron chi connectivity index (χ3n) is 4.91. The Morgan fingerprint density at radius 3 is 1.92 bits per heavy atom. The molecule has 0 saturated heterocycles. The molecule has 25 heavy (non-hydrogen) atoms. The predicted molar refractivity (Wildman–Crippen MR) is 102 cm³/mol. The first kappa shape index (κ1) is 24.1. The van der Waals surface area contributed by atoms with Crippen molar-refractivity contribution in [3.05, 3.63) is 0 Å². The van der Waals surface area contributed by atoms with Gasteiger partial charge >= 0.3 is 0 Å². The first-order valence-electron chi connectivity index (χ1n) is 9.54. The largest absolute Gasteiger partial charge is 0.379 e. The highest BCUT2D eigenvalue weighted by atomic mass is 16.5. The number of hydrogen-bond acceptors (Lipinski definition) is 4. The van der Waals surface area contributed by atoms with Crippen molar-refractivity contribution in [2.45, 2.75) is 74.3 Å². The first-order valence-corrected chi connectivity index (χ1v) is 9.54. The van der Waals surface area contributed by atoms with Crippen molar-refractivity contribution in [1.82, 2.24) is 5.32 Å². The topological polar surface area (TPSA) is 64.6 Å². The van der Waals surface area contributed by atoms with Crippen molar-refractivity contribution in [3.8, 4) is 0 Å². The molecule has 0 rings (SSSR count). The molecule has 5 heteroatoms. The molecule has 0 aromatic rings. The van der Waals surface area contributed by atoms with E-state index >= 15 is 0 Å². The van der Waals surface area contributed by atoms with Crippen LogP contribution in [-0.4, -0.2) is 44.2 Å². The normalized spacial score (nSPS) is 16.6. The Hall–Kier alpha value is -0.940. The summed E-state index contributed by atoms with van der Waals surface area (Å²) in [6.07, 6.45) is 1.55. The van der Waals surface area contributed by atoms with Crippen LogP contribution < -0.4 is 5.32 Å². The third kappa shape index (κ3) is 7.87. The molecule has 5 nitrogen and oxygen atoms in total. The van der Waals surface area contributed by atoms with Gasteiger partial charge in [0.25, 0.3) is 0 Å². The molecule has 0 spiro atoms. The van der Waals surface area contributed by atoms with Gasteiger partial charge in [-0.25, -0.2) is 0 Å². The summed E-state index contributed by atoms with van der Waals surface area (Å²) in [4.78, 5) is 24.9. The first-order chi connectivity index (χ1) is 11.5. The fourth-order valence-electron chi connectivity index (χ4n) is 2.55. The number of ketones is 1. The van der Waals surface area contributed by atoms with Crippen LogP contribution in [0.3, 0.4) is 0 Å². The molecule has 0 aliphatic carbocycles. The average molecular weight is 358 g/mol. The van der Waals surface area contributed by atoms with Crippen LogP contribution in [0.4, 0.5) is 0 Å². The molecule has 1 amide bonds. The molecule has 0 radical (unpaired) electrons. The molecule has 148 valence electrons. The number of rotatable bonds is 13. The zero-order chi connectivity index (χ0) is 19.7. The molecule has 1 N–H and O–H groups in total. The van der Waals surface area contributed by atoms with Crippen molar-refractivity contribution >= 4 is 11.7 Å². The number of carbonyl (C=O) groups excluding carboxylic acids is 2. The zero-order valence-electron chi connectivity index (χ0n) is 17.5. The number of Topliss-reactive ketones (excluding diaryl/α,β-unsaturated/α-hetero) is 1. The Kier molecular flexibility index (Phi) is 10.5. The van der Waals surface area contributed by atoms with Gasteiger partial charge < -0.3 is 14.8 Å². The van der Waals surface area contributed by atoms with E-state index in [4.69, 9.17) is 9.47 Å². The van der Waals surface area contributed by atoms with Gasteiger partial charge in [0.2, 0.25) is 5.91 Å². The highest BCUT2D eigenvalue weighted by Crippen LogP contribution is 2.29. The molecule has 0 aromatic carbocycles. The van der Waals surface area contributed by atoms with Gasteiger partial charge in [-0.05, 0) is 33.6 Å². The van der Waals surface area contributed by atoms with E-state index in [1.54, 1.807) is 0 Å². The van der Waals surface area contributed by atoms with Crippen molar-refractivity contribution in [3.63, 3.8) is 0 Å². The Balaban J connectivity index is 4.59. The molecule has 0 bridgehead atoms. The highest BCUT2D eigenvalue weighted by molar-refractivity contribution is 5.86. The lowest BCUT2D eigenvalue weighted by Crippen LogP contribution is -2.44. The fourth-order valence-corrected chi connectivity index (χ4v) is 2.55. The standard InChI is InChI=1S/C20H39NO4/c1-9-19(7,17(22)15(3)4)13-24-14-20(8,10-2)18(23)21-11-12-25-16(5)6/h15-16H,9-14H2,1-8H3,(H,21,23). The second-order valence-corrected chi connectivity index (χ2v) is 8.02. The van der Waals surface area contributed by atoms with Crippen molar-refractivity contribution in [2.24, 2.45) is 16.7 Å². The lowest BCUT2D eigenvalue weighted by Gasteiger charge is -2.32. The van der Waals surface area contributed by atoms with E-state index in [-0.39, 0.29) is 23.7 Å². The molecule has 0 fully saturated rings. The molecular formula is C20H39NO4. The van der Waals surface area contributed by atoms with Gasteiger partial charge in [0.05, 0.1) is 31.3 Å². The lowest BCUT2D eigenvalue weighted by atomic mass is 9.79. The Labute approximate surface area is 154 Å². The molecule has 0 aliphatic heterocycles. The minimum atomic E-state index is -0.604. The third-order valence-corrected chi connectivity index (χ3v) is 4.91. The summed E-state index contributed by atoms with van der Waals surface area (Å²) in [6.45, 7) is 17.2. The van der Waals surface area contributed by atoms with Crippen molar-refractivity contribution < 1.29 is 19.1 Å². The van der Waals surface area contributed by atoms with Gasteiger partial charge in [0, 0.05) is 17.9 Å². The summed E-state index contributed by atoms with van der Waals surface area (Å²) in [7, 11) is 0. The molecule has 0 saturated carbocycles. The zero-order valence-corrected chi connectivity index (χ0v) is 17.5. The van der Waals surface area contributed by atoms with Gasteiger partial charge in [-0.1, -0.05) is 34.6 Å². The second kappa shape index (κ2) is 10.9. The minimum Gasteiger partial charge on any atom is -0.379 e. The Morgan fingerprint density at radius 1 is 0.960 bits per heavy atom. The van der Waals surface area contributed by atoms with Gasteiger partial charge in [0.15, 0.2) is 0 Å². The predicted octanol–water partition coefficient (Wildman–Crippen LogP) is 3.60. The second-order valence-electron chi connectivity index (χ2n) is 8.02. The Bertz CT molecular complexity index is 422. The number of nitrogens with one attached hydrogen (secondary N) is 1. The summed E-state index contributed by atoms with van der Waals surface area (Å²) in [5.74, 6) is 0.162.